The SMILES string of the molecule is CC(C)[Si](OC[C@H](C)c1nn2c(=O)cc(-c3ccc(C4CCCCC4)cc3)[nH]c2c1C(=O)O)(C(C)C)C(C)C. The number of benzene rings is 1. The minimum atomic E-state index is -2.14. The fourth-order valence-electron chi connectivity index (χ4n) is 6.99. The van der Waals surface area contributed by atoms with E-state index in [1.807, 2.05) is 19.1 Å². The standard InChI is InChI=1S/C31H45N3O4Si/c1-19(2)39(20(3)4,21(5)6)38-18-22(7)29-28(31(36)37)30-32-26(17-27(35)34(30)33-29)25-15-13-24(14-16-25)23-11-9-8-10-12-23/h13-17,19-23,32H,8-12,18H2,1-7H3,(H,36,37)/t22-/m0/s1. The summed E-state index contributed by atoms with van der Waals surface area (Å²) in [5, 5.41) is 14.7. The van der Waals surface area contributed by atoms with E-state index < -0.39 is 14.3 Å². The molecular formula is C31H45N3O4Si. The highest BCUT2D eigenvalue weighted by molar-refractivity contribution is 6.77. The van der Waals surface area contributed by atoms with Crippen molar-refractivity contribution in [2.45, 2.75) is 109 Å². The van der Waals surface area contributed by atoms with Crippen molar-refractivity contribution >= 4 is 19.9 Å². The minimum Gasteiger partial charge on any atom is -0.477 e. The lowest BCUT2D eigenvalue weighted by Crippen LogP contribution is -2.48. The molecule has 0 radical (unpaired) electrons. The number of hydrogen-bond donors (Lipinski definition) is 2. The van der Waals surface area contributed by atoms with Gasteiger partial charge in [0.15, 0.2) is 14.0 Å². The molecule has 8 heteroatoms. The summed E-state index contributed by atoms with van der Waals surface area (Å²) >= 11 is 0. The van der Waals surface area contributed by atoms with Gasteiger partial charge in [0.25, 0.3) is 5.56 Å². The number of carbonyl (C=O) groups is 1. The topological polar surface area (TPSA) is 96.7 Å². The Morgan fingerprint density at radius 3 is 2.15 bits per heavy atom. The van der Waals surface area contributed by atoms with Crippen LogP contribution in [0.25, 0.3) is 16.9 Å². The van der Waals surface area contributed by atoms with Crippen molar-refractivity contribution in [3.05, 3.63) is 57.5 Å². The number of carboxylic acids is 1. The average Bonchev–Trinajstić information content (AvgIpc) is 3.29. The third kappa shape index (κ3) is 5.64. The largest absolute Gasteiger partial charge is 0.477 e. The molecule has 2 aromatic heterocycles. The smallest absolute Gasteiger partial charge is 0.341 e. The number of H-pyrrole nitrogens is 1. The summed E-state index contributed by atoms with van der Waals surface area (Å²) in [5.74, 6) is -0.796. The van der Waals surface area contributed by atoms with Crippen molar-refractivity contribution in [1.29, 1.82) is 0 Å². The molecule has 2 N–H and O–H groups in total. The molecule has 1 saturated carbocycles. The van der Waals surface area contributed by atoms with Crippen LogP contribution in [0.5, 0.6) is 0 Å². The number of carboxylic acid groups (broad SMARTS) is 1. The second-order valence-electron chi connectivity index (χ2n) is 12.3. The molecule has 4 rings (SSSR count). The molecule has 0 amide bonds. The van der Waals surface area contributed by atoms with Crippen molar-refractivity contribution in [2.24, 2.45) is 0 Å². The average molecular weight is 552 g/mol. The van der Waals surface area contributed by atoms with Crippen molar-refractivity contribution in [1.82, 2.24) is 14.6 Å². The van der Waals surface area contributed by atoms with Crippen LogP contribution in [0.15, 0.2) is 35.1 Å². The fraction of sp³-hybridized carbons (Fsp3) is 0.581. The lowest BCUT2D eigenvalue weighted by Gasteiger charge is -2.42. The molecule has 0 saturated heterocycles. The Morgan fingerprint density at radius 1 is 1.03 bits per heavy atom. The van der Waals surface area contributed by atoms with Crippen LogP contribution in [0.4, 0.5) is 0 Å². The van der Waals surface area contributed by atoms with Crippen molar-refractivity contribution in [3.8, 4) is 11.3 Å². The molecule has 0 spiro atoms. The molecular weight excluding hydrogens is 506 g/mol. The highest BCUT2D eigenvalue weighted by Crippen LogP contribution is 2.43. The molecule has 0 bridgehead atoms. The molecule has 0 unspecified atom stereocenters. The zero-order valence-electron chi connectivity index (χ0n) is 24.6. The van der Waals surface area contributed by atoms with Gasteiger partial charge in [-0.3, -0.25) is 4.79 Å². The van der Waals surface area contributed by atoms with Crippen LogP contribution in [0.1, 0.15) is 114 Å². The van der Waals surface area contributed by atoms with Gasteiger partial charge in [0, 0.05) is 18.6 Å². The molecule has 39 heavy (non-hydrogen) atoms. The monoisotopic (exact) mass is 551 g/mol. The Kier molecular flexibility index (Phi) is 8.86. The highest BCUT2D eigenvalue weighted by Gasteiger charge is 2.45. The van der Waals surface area contributed by atoms with Gasteiger partial charge in [-0.25, -0.2) is 4.79 Å². The van der Waals surface area contributed by atoms with Crippen LogP contribution in [-0.2, 0) is 4.43 Å². The molecule has 1 atom stereocenters. The van der Waals surface area contributed by atoms with E-state index in [9.17, 15) is 14.7 Å². The number of fused-ring (bicyclic) bond motifs is 1. The number of rotatable bonds is 10. The van der Waals surface area contributed by atoms with E-state index in [-0.39, 0.29) is 22.7 Å². The number of nitrogens with one attached hydrogen (secondary N) is 1. The van der Waals surface area contributed by atoms with E-state index in [4.69, 9.17) is 4.43 Å². The molecule has 1 aromatic carbocycles. The lowest BCUT2D eigenvalue weighted by atomic mass is 9.84. The summed E-state index contributed by atoms with van der Waals surface area (Å²) in [6.45, 7) is 15.7. The molecule has 3 aromatic rings. The summed E-state index contributed by atoms with van der Waals surface area (Å²) < 4.78 is 7.94. The number of aromatic amines is 1. The van der Waals surface area contributed by atoms with Gasteiger partial charge in [0.1, 0.15) is 5.56 Å². The number of aromatic nitrogens is 3. The van der Waals surface area contributed by atoms with E-state index in [2.05, 4.69) is 63.8 Å². The number of nitrogens with zero attached hydrogens (tertiary/aromatic N) is 2. The third-order valence-corrected chi connectivity index (χ3v) is 15.0. The maximum atomic E-state index is 13.1. The number of aromatic carboxylic acids is 1. The van der Waals surface area contributed by atoms with E-state index in [1.165, 1.54) is 48.2 Å². The van der Waals surface area contributed by atoms with Gasteiger partial charge < -0.3 is 14.5 Å². The Balaban J connectivity index is 1.68. The van der Waals surface area contributed by atoms with E-state index in [0.29, 0.717) is 40.5 Å². The molecule has 0 aliphatic heterocycles. The van der Waals surface area contributed by atoms with E-state index in [0.717, 1.165) is 5.56 Å². The van der Waals surface area contributed by atoms with Crippen molar-refractivity contribution in [3.63, 3.8) is 0 Å². The van der Waals surface area contributed by atoms with Crippen molar-refractivity contribution in [2.75, 3.05) is 6.61 Å². The summed E-state index contributed by atoms with van der Waals surface area (Å²) in [6.07, 6.45) is 6.31. The molecule has 1 aliphatic rings. The van der Waals surface area contributed by atoms with Crippen LogP contribution < -0.4 is 5.56 Å². The maximum Gasteiger partial charge on any atom is 0.341 e. The maximum absolute atomic E-state index is 13.1. The summed E-state index contributed by atoms with van der Waals surface area (Å²) in [4.78, 5) is 28.9. The lowest BCUT2D eigenvalue weighted by molar-refractivity contribution is 0.0696. The Bertz CT molecular complexity index is 1330. The first-order valence-corrected chi connectivity index (χ1v) is 16.7. The van der Waals surface area contributed by atoms with Gasteiger partial charge in [-0.2, -0.15) is 9.61 Å². The number of hydrogen-bond acceptors (Lipinski definition) is 4. The zero-order valence-corrected chi connectivity index (χ0v) is 25.6. The van der Waals surface area contributed by atoms with E-state index in [1.54, 1.807) is 0 Å². The van der Waals surface area contributed by atoms with Gasteiger partial charge >= 0.3 is 5.97 Å². The van der Waals surface area contributed by atoms with Crippen molar-refractivity contribution < 1.29 is 14.3 Å². The first-order chi connectivity index (χ1) is 18.5. The van der Waals surface area contributed by atoms with E-state index >= 15 is 0 Å². The zero-order chi connectivity index (χ0) is 28.5. The Hall–Kier alpha value is -2.71. The van der Waals surface area contributed by atoms with Crippen LogP contribution in [0.3, 0.4) is 0 Å². The van der Waals surface area contributed by atoms with Gasteiger partial charge in [-0.05, 0) is 46.5 Å². The minimum absolute atomic E-state index is 0.0368. The normalized spacial score (nSPS) is 16.1. The molecule has 212 valence electrons. The van der Waals surface area contributed by atoms with Crippen LogP contribution in [0, 0.1) is 0 Å². The van der Waals surface area contributed by atoms with Crippen LogP contribution in [-0.4, -0.2) is 40.6 Å². The van der Waals surface area contributed by atoms with Gasteiger partial charge in [0.05, 0.1) is 11.4 Å². The predicted molar refractivity (Wildman–Crippen MR) is 159 cm³/mol. The first-order valence-electron chi connectivity index (χ1n) is 14.6. The van der Waals surface area contributed by atoms with Gasteiger partial charge in [-0.15, -0.1) is 0 Å². The second-order valence-corrected chi connectivity index (χ2v) is 17.8. The van der Waals surface area contributed by atoms with Crippen LogP contribution in [0.2, 0.25) is 16.6 Å². The first kappa shape index (κ1) is 29.3. The molecule has 1 aliphatic carbocycles. The summed E-state index contributed by atoms with van der Waals surface area (Å²) in [7, 11) is -2.14. The Morgan fingerprint density at radius 2 is 1.62 bits per heavy atom. The highest BCUT2D eigenvalue weighted by atomic mass is 28.4. The predicted octanol–water partition coefficient (Wildman–Crippen LogP) is 7.73. The molecule has 7 nitrogen and oxygen atoms in total. The Labute approximate surface area is 233 Å². The fourth-order valence-corrected chi connectivity index (χ4v) is 12.5. The summed E-state index contributed by atoms with van der Waals surface area (Å²) in [5.41, 5.74) is 4.29. The second kappa shape index (κ2) is 11.8. The van der Waals surface area contributed by atoms with Crippen LogP contribution >= 0.6 is 0 Å². The quantitative estimate of drug-likeness (QED) is 0.251. The molecule has 1 fully saturated rings. The molecule has 2 heterocycles. The van der Waals surface area contributed by atoms with Gasteiger partial charge in [0.2, 0.25) is 0 Å². The van der Waals surface area contributed by atoms with Gasteiger partial charge in [-0.1, -0.05) is 92.0 Å². The summed E-state index contributed by atoms with van der Waals surface area (Å²) in [6, 6.07) is 9.82. The third-order valence-electron chi connectivity index (χ3n) is 8.91.